The van der Waals surface area contributed by atoms with Gasteiger partial charge in [-0.1, -0.05) is 220 Å². The van der Waals surface area contributed by atoms with Crippen molar-refractivity contribution in [1.29, 1.82) is 0 Å². The quantitative estimate of drug-likeness (QED) is 0.167. The van der Waals surface area contributed by atoms with E-state index in [-0.39, 0.29) is 5.41 Å². The normalized spacial score (nSPS) is 13.9. The van der Waals surface area contributed by atoms with Crippen molar-refractivity contribution < 1.29 is 0 Å². The van der Waals surface area contributed by atoms with E-state index in [1.54, 1.807) is 0 Å². The molecule has 0 aromatic heterocycles. The first-order valence-corrected chi connectivity index (χ1v) is 22.8. The SMILES string of the molecule is CC1(C)c2ccccc2-c2c(N(c3ccc(-c4ccccc4)c(-c4ccccc4)c3)c3ccc4c(c3)-c3ccccc3C43c4ccccc4-c4ccccc4-c4ccccc43)cccc21. The first-order chi connectivity index (χ1) is 32.0. The van der Waals surface area contributed by atoms with E-state index in [1.165, 1.54) is 106 Å². The van der Waals surface area contributed by atoms with Crippen LogP contribution < -0.4 is 4.90 Å². The van der Waals surface area contributed by atoms with Gasteiger partial charge in [0.15, 0.2) is 0 Å². The maximum atomic E-state index is 2.54. The fraction of sp³-hybridized carbons (Fsp3) is 0.0625. The number of rotatable bonds is 5. The van der Waals surface area contributed by atoms with Crippen molar-refractivity contribution in [2.24, 2.45) is 0 Å². The topological polar surface area (TPSA) is 3.24 Å². The number of hydrogen-bond donors (Lipinski definition) is 0. The zero-order valence-electron chi connectivity index (χ0n) is 36.5. The highest BCUT2D eigenvalue weighted by molar-refractivity contribution is 6.00. The van der Waals surface area contributed by atoms with E-state index in [1.807, 2.05) is 0 Å². The average molecular weight is 828 g/mol. The molecule has 306 valence electrons. The van der Waals surface area contributed by atoms with Gasteiger partial charge in [0.25, 0.3) is 0 Å². The molecule has 1 heteroatoms. The fourth-order valence-corrected chi connectivity index (χ4v) is 11.9. The monoisotopic (exact) mass is 827 g/mol. The van der Waals surface area contributed by atoms with Crippen molar-refractivity contribution >= 4 is 17.1 Å². The molecule has 10 aromatic carbocycles. The molecular formula is C64H45N. The van der Waals surface area contributed by atoms with Crippen LogP contribution in [0.25, 0.3) is 66.8 Å². The standard InChI is InChI=1S/C64H45N/c1-63(2)55-30-15-14-29-52(55)62-60(63)34-19-35-61(62)65(44-36-38-46(42-20-5-3-6-21-42)53(40-44)43-22-7-4-8-23-43)45-37-39-59-54(41-45)51-28-13-18-33-58(51)64(59)56-31-16-11-26-49(56)47-24-9-10-25-48(47)50-27-12-17-32-57(50)64/h3-41H,1-2H3. The largest absolute Gasteiger partial charge is 0.310 e. The summed E-state index contributed by atoms with van der Waals surface area (Å²) in [6.45, 7) is 4.75. The lowest BCUT2D eigenvalue weighted by Crippen LogP contribution is -2.29. The van der Waals surface area contributed by atoms with Crippen molar-refractivity contribution in [3.63, 3.8) is 0 Å². The van der Waals surface area contributed by atoms with Crippen molar-refractivity contribution in [2.75, 3.05) is 4.90 Å². The van der Waals surface area contributed by atoms with Crippen LogP contribution in [0.5, 0.6) is 0 Å². The molecule has 3 aliphatic rings. The molecule has 65 heavy (non-hydrogen) atoms. The second-order valence-electron chi connectivity index (χ2n) is 18.3. The van der Waals surface area contributed by atoms with E-state index in [2.05, 4.69) is 255 Å². The van der Waals surface area contributed by atoms with Crippen LogP contribution in [0.3, 0.4) is 0 Å². The van der Waals surface area contributed by atoms with Crippen molar-refractivity contribution in [3.05, 3.63) is 270 Å². The number of nitrogens with zero attached hydrogens (tertiary/aromatic N) is 1. The molecular weight excluding hydrogens is 783 g/mol. The predicted molar refractivity (Wildman–Crippen MR) is 271 cm³/mol. The Hall–Kier alpha value is -8.00. The van der Waals surface area contributed by atoms with Crippen LogP contribution in [-0.2, 0) is 10.8 Å². The molecule has 1 nitrogen and oxygen atoms in total. The zero-order chi connectivity index (χ0) is 43.3. The number of anilines is 3. The van der Waals surface area contributed by atoms with Gasteiger partial charge in [0.1, 0.15) is 0 Å². The van der Waals surface area contributed by atoms with Crippen molar-refractivity contribution in [2.45, 2.75) is 24.7 Å². The first kappa shape index (κ1) is 37.5. The maximum Gasteiger partial charge on any atom is 0.0725 e. The molecule has 0 atom stereocenters. The highest BCUT2D eigenvalue weighted by atomic mass is 15.1. The molecule has 1 spiro atoms. The second-order valence-corrected chi connectivity index (χ2v) is 18.3. The molecule has 0 saturated heterocycles. The van der Waals surface area contributed by atoms with Crippen LogP contribution in [0.4, 0.5) is 17.1 Å². The van der Waals surface area contributed by atoms with Gasteiger partial charge in [0, 0.05) is 22.4 Å². The van der Waals surface area contributed by atoms with Gasteiger partial charge < -0.3 is 4.90 Å². The summed E-state index contributed by atoms with van der Waals surface area (Å²) in [7, 11) is 0. The molecule has 0 aliphatic heterocycles. The molecule has 0 amide bonds. The van der Waals surface area contributed by atoms with Gasteiger partial charge in [0.05, 0.1) is 11.1 Å². The molecule has 3 aliphatic carbocycles. The summed E-state index contributed by atoms with van der Waals surface area (Å²) in [4.78, 5) is 2.54. The Labute approximate surface area is 381 Å². The molecule has 13 rings (SSSR count). The van der Waals surface area contributed by atoms with Crippen LogP contribution in [0, 0.1) is 0 Å². The molecule has 0 saturated carbocycles. The molecule has 0 N–H and O–H groups in total. The van der Waals surface area contributed by atoms with Gasteiger partial charge in [-0.05, 0) is 125 Å². The summed E-state index contributed by atoms with van der Waals surface area (Å²) in [6.07, 6.45) is 0. The minimum absolute atomic E-state index is 0.152. The van der Waals surface area contributed by atoms with Gasteiger partial charge in [-0.25, -0.2) is 0 Å². The van der Waals surface area contributed by atoms with Gasteiger partial charge >= 0.3 is 0 Å². The third-order valence-electron chi connectivity index (χ3n) is 14.7. The van der Waals surface area contributed by atoms with E-state index in [4.69, 9.17) is 0 Å². The van der Waals surface area contributed by atoms with Gasteiger partial charge in [0.2, 0.25) is 0 Å². The third kappa shape index (κ3) is 5.33. The smallest absolute Gasteiger partial charge is 0.0725 e. The molecule has 0 bridgehead atoms. The minimum atomic E-state index is -0.545. The molecule has 0 heterocycles. The van der Waals surface area contributed by atoms with E-state index in [9.17, 15) is 0 Å². The van der Waals surface area contributed by atoms with Crippen molar-refractivity contribution in [3.8, 4) is 66.8 Å². The van der Waals surface area contributed by atoms with Crippen molar-refractivity contribution in [1.82, 2.24) is 0 Å². The van der Waals surface area contributed by atoms with E-state index in [0.717, 1.165) is 11.4 Å². The van der Waals surface area contributed by atoms with Gasteiger partial charge in [-0.3, -0.25) is 0 Å². The summed E-state index contributed by atoms with van der Waals surface area (Å²) in [5.41, 5.74) is 25.7. The minimum Gasteiger partial charge on any atom is -0.310 e. The van der Waals surface area contributed by atoms with E-state index in [0.29, 0.717) is 0 Å². The summed E-state index contributed by atoms with van der Waals surface area (Å²) >= 11 is 0. The third-order valence-corrected chi connectivity index (χ3v) is 14.7. The first-order valence-electron chi connectivity index (χ1n) is 22.8. The van der Waals surface area contributed by atoms with Crippen LogP contribution in [0.15, 0.2) is 237 Å². The summed E-state index contributed by atoms with van der Waals surface area (Å²) in [6, 6.07) is 88.5. The Morgan fingerprint density at radius 1 is 0.277 bits per heavy atom. The lowest BCUT2D eigenvalue weighted by Gasteiger charge is -2.35. The fourth-order valence-electron chi connectivity index (χ4n) is 11.9. The van der Waals surface area contributed by atoms with E-state index < -0.39 is 5.41 Å². The van der Waals surface area contributed by atoms with Crippen LogP contribution in [0.2, 0.25) is 0 Å². The lowest BCUT2D eigenvalue weighted by molar-refractivity contribution is 0.660. The number of fused-ring (bicyclic) bond motifs is 15. The molecule has 0 fully saturated rings. The zero-order valence-corrected chi connectivity index (χ0v) is 36.5. The highest BCUT2D eigenvalue weighted by Crippen LogP contribution is 2.62. The lowest BCUT2D eigenvalue weighted by atomic mass is 9.66. The van der Waals surface area contributed by atoms with Gasteiger partial charge in [-0.15, -0.1) is 0 Å². The van der Waals surface area contributed by atoms with Gasteiger partial charge in [-0.2, -0.15) is 0 Å². The van der Waals surface area contributed by atoms with Crippen LogP contribution >= 0.6 is 0 Å². The number of benzene rings is 10. The molecule has 0 radical (unpaired) electrons. The Bertz CT molecular complexity index is 3450. The second kappa shape index (κ2) is 14.3. The maximum absolute atomic E-state index is 2.54. The average Bonchev–Trinajstić information content (AvgIpc) is 3.75. The van der Waals surface area contributed by atoms with Crippen LogP contribution in [0.1, 0.15) is 47.2 Å². The summed E-state index contributed by atoms with van der Waals surface area (Å²) in [5, 5.41) is 0. The molecule has 0 unspecified atom stereocenters. The number of hydrogen-bond acceptors (Lipinski definition) is 1. The Balaban J connectivity index is 1.11. The predicted octanol–water partition coefficient (Wildman–Crippen LogP) is 16.8. The Morgan fingerprint density at radius 3 is 1.28 bits per heavy atom. The Kier molecular flexibility index (Phi) is 8.24. The van der Waals surface area contributed by atoms with Crippen LogP contribution in [-0.4, -0.2) is 0 Å². The summed E-state index contributed by atoms with van der Waals surface area (Å²) in [5.74, 6) is 0. The highest BCUT2D eigenvalue weighted by Gasteiger charge is 2.50. The summed E-state index contributed by atoms with van der Waals surface area (Å²) < 4.78 is 0. The molecule has 10 aromatic rings. The Morgan fingerprint density at radius 2 is 0.692 bits per heavy atom. The van der Waals surface area contributed by atoms with E-state index >= 15 is 0 Å².